The maximum atomic E-state index is 11.5. The largest absolute Gasteiger partial charge is 0.493 e. The maximum absolute atomic E-state index is 11.5. The number of benzene rings is 1. The number of ether oxygens (including phenoxy) is 4. The van der Waals surface area contributed by atoms with Crippen LogP contribution in [0.25, 0.3) is 0 Å². The standard InChI is InChI=1S/C14H17NO8/c1-20-11-6-9(10(15(18)19)7-12(11)21-2)8-23-14(17)5-4-13(16)22-3/h6-7H,4-5,8H2,1-3H3. The van der Waals surface area contributed by atoms with Crippen LogP contribution in [0.5, 0.6) is 11.5 Å². The van der Waals surface area contributed by atoms with Gasteiger partial charge in [-0.15, -0.1) is 0 Å². The molecule has 0 heterocycles. The van der Waals surface area contributed by atoms with Gasteiger partial charge in [0.25, 0.3) is 5.69 Å². The molecular weight excluding hydrogens is 310 g/mol. The Balaban J connectivity index is 2.84. The summed E-state index contributed by atoms with van der Waals surface area (Å²) < 4.78 is 19.4. The quantitative estimate of drug-likeness (QED) is 0.402. The van der Waals surface area contributed by atoms with Crippen molar-refractivity contribution in [2.45, 2.75) is 19.4 Å². The van der Waals surface area contributed by atoms with E-state index in [2.05, 4.69) is 4.74 Å². The first kappa shape index (κ1) is 18.2. The van der Waals surface area contributed by atoms with Crippen LogP contribution in [0.1, 0.15) is 18.4 Å². The molecule has 0 fully saturated rings. The van der Waals surface area contributed by atoms with Crippen molar-refractivity contribution in [3.8, 4) is 11.5 Å². The van der Waals surface area contributed by atoms with Gasteiger partial charge >= 0.3 is 11.9 Å². The van der Waals surface area contributed by atoms with Crippen LogP contribution in [-0.4, -0.2) is 38.2 Å². The van der Waals surface area contributed by atoms with Crippen molar-refractivity contribution in [2.24, 2.45) is 0 Å². The molecule has 0 unspecified atom stereocenters. The first-order valence-electron chi connectivity index (χ1n) is 6.54. The molecule has 23 heavy (non-hydrogen) atoms. The van der Waals surface area contributed by atoms with E-state index < -0.39 is 16.9 Å². The predicted octanol–water partition coefficient (Wildman–Crippen LogP) is 1.61. The van der Waals surface area contributed by atoms with E-state index in [1.165, 1.54) is 33.5 Å². The van der Waals surface area contributed by atoms with E-state index in [1.54, 1.807) is 0 Å². The fourth-order valence-corrected chi connectivity index (χ4v) is 1.73. The van der Waals surface area contributed by atoms with Crippen molar-refractivity contribution in [1.29, 1.82) is 0 Å². The fourth-order valence-electron chi connectivity index (χ4n) is 1.73. The number of nitro groups is 1. The van der Waals surface area contributed by atoms with Gasteiger partial charge in [-0.25, -0.2) is 0 Å². The minimum absolute atomic E-state index is 0.122. The lowest BCUT2D eigenvalue weighted by Gasteiger charge is -2.11. The van der Waals surface area contributed by atoms with Crippen LogP contribution in [0.2, 0.25) is 0 Å². The normalized spacial score (nSPS) is 9.87. The summed E-state index contributed by atoms with van der Waals surface area (Å²) in [6, 6.07) is 2.56. The van der Waals surface area contributed by atoms with Gasteiger partial charge in [-0.05, 0) is 6.07 Å². The van der Waals surface area contributed by atoms with Crippen molar-refractivity contribution < 1.29 is 33.5 Å². The van der Waals surface area contributed by atoms with Gasteiger partial charge in [0.05, 0.1) is 50.7 Å². The highest BCUT2D eigenvalue weighted by Gasteiger charge is 2.20. The number of methoxy groups -OCH3 is 3. The molecular formula is C14H17NO8. The van der Waals surface area contributed by atoms with E-state index in [4.69, 9.17) is 14.2 Å². The molecule has 0 atom stereocenters. The molecule has 0 saturated carbocycles. The second-order valence-corrected chi connectivity index (χ2v) is 4.33. The first-order valence-corrected chi connectivity index (χ1v) is 6.54. The van der Waals surface area contributed by atoms with Gasteiger partial charge in [-0.2, -0.15) is 0 Å². The molecule has 0 aromatic heterocycles. The maximum Gasteiger partial charge on any atom is 0.306 e. The second kappa shape index (κ2) is 8.57. The minimum Gasteiger partial charge on any atom is -0.493 e. The number of nitro benzene ring substituents is 1. The molecule has 0 bridgehead atoms. The number of nitrogens with zero attached hydrogens (tertiary/aromatic N) is 1. The number of rotatable bonds is 8. The highest BCUT2D eigenvalue weighted by molar-refractivity contribution is 5.77. The molecule has 0 aliphatic rings. The van der Waals surface area contributed by atoms with Gasteiger partial charge in [0, 0.05) is 0 Å². The van der Waals surface area contributed by atoms with Crippen LogP contribution in [0, 0.1) is 10.1 Å². The Hall–Kier alpha value is -2.84. The van der Waals surface area contributed by atoms with Gasteiger partial charge in [-0.1, -0.05) is 0 Å². The van der Waals surface area contributed by atoms with E-state index in [9.17, 15) is 19.7 Å². The summed E-state index contributed by atoms with van der Waals surface area (Å²) in [5, 5.41) is 11.1. The predicted molar refractivity (Wildman–Crippen MR) is 77.2 cm³/mol. The molecule has 0 saturated heterocycles. The van der Waals surface area contributed by atoms with Gasteiger partial charge in [0.1, 0.15) is 6.61 Å². The van der Waals surface area contributed by atoms with Crippen LogP contribution < -0.4 is 9.47 Å². The number of hydrogen-bond donors (Lipinski definition) is 0. The molecule has 1 aromatic carbocycles. The Morgan fingerprint density at radius 1 is 1.04 bits per heavy atom. The van der Waals surface area contributed by atoms with Gasteiger partial charge in [-0.3, -0.25) is 19.7 Å². The zero-order chi connectivity index (χ0) is 17.4. The molecule has 0 aliphatic carbocycles. The zero-order valence-electron chi connectivity index (χ0n) is 13.0. The lowest BCUT2D eigenvalue weighted by atomic mass is 10.1. The Labute approximate surface area is 132 Å². The molecule has 1 aromatic rings. The third-order valence-electron chi connectivity index (χ3n) is 2.93. The Morgan fingerprint density at radius 2 is 1.61 bits per heavy atom. The number of carbonyl (C=O) groups is 2. The lowest BCUT2D eigenvalue weighted by Crippen LogP contribution is -2.10. The Bertz CT molecular complexity index is 599. The van der Waals surface area contributed by atoms with Crippen molar-refractivity contribution in [2.75, 3.05) is 21.3 Å². The molecule has 9 heteroatoms. The average Bonchev–Trinajstić information content (AvgIpc) is 2.56. The lowest BCUT2D eigenvalue weighted by molar-refractivity contribution is -0.385. The first-order chi connectivity index (χ1) is 10.9. The number of hydrogen-bond acceptors (Lipinski definition) is 8. The Morgan fingerprint density at radius 3 is 2.13 bits per heavy atom. The summed E-state index contributed by atoms with van der Waals surface area (Å²) in [7, 11) is 3.95. The molecule has 0 amide bonds. The molecule has 0 radical (unpaired) electrons. The molecule has 126 valence electrons. The summed E-state index contributed by atoms with van der Waals surface area (Å²) in [5.41, 5.74) is -0.109. The number of carbonyl (C=O) groups excluding carboxylic acids is 2. The van der Waals surface area contributed by atoms with Crippen LogP contribution >= 0.6 is 0 Å². The van der Waals surface area contributed by atoms with E-state index >= 15 is 0 Å². The van der Waals surface area contributed by atoms with Crippen LogP contribution in [0.3, 0.4) is 0 Å². The molecule has 0 spiro atoms. The molecule has 0 N–H and O–H groups in total. The molecule has 9 nitrogen and oxygen atoms in total. The monoisotopic (exact) mass is 327 g/mol. The van der Waals surface area contributed by atoms with Gasteiger partial charge < -0.3 is 18.9 Å². The third-order valence-corrected chi connectivity index (χ3v) is 2.93. The summed E-state index contributed by atoms with van der Waals surface area (Å²) in [6.07, 6.45) is -0.295. The highest BCUT2D eigenvalue weighted by atomic mass is 16.6. The second-order valence-electron chi connectivity index (χ2n) is 4.33. The molecule has 0 aliphatic heterocycles. The SMILES string of the molecule is COC(=O)CCC(=O)OCc1cc(OC)c(OC)cc1[N+](=O)[O-]. The third kappa shape index (κ3) is 5.13. The van der Waals surface area contributed by atoms with Crippen molar-refractivity contribution in [3.63, 3.8) is 0 Å². The van der Waals surface area contributed by atoms with Crippen molar-refractivity contribution in [3.05, 3.63) is 27.8 Å². The van der Waals surface area contributed by atoms with Crippen LogP contribution in [0.15, 0.2) is 12.1 Å². The minimum atomic E-state index is -0.667. The smallest absolute Gasteiger partial charge is 0.306 e. The van der Waals surface area contributed by atoms with Crippen LogP contribution in [-0.2, 0) is 25.7 Å². The van der Waals surface area contributed by atoms with Crippen molar-refractivity contribution >= 4 is 17.6 Å². The summed E-state index contributed by atoms with van der Waals surface area (Å²) in [4.78, 5) is 33.0. The fraction of sp³-hybridized carbons (Fsp3) is 0.429. The summed E-state index contributed by atoms with van der Waals surface area (Å²) in [6.45, 7) is -0.323. The van der Waals surface area contributed by atoms with Crippen LogP contribution in [0.4, 0.5) is 5.69 Å². The summed E-state index contributed by atoms with van der Waals surface area (Å²) >= 11 is 0. The Kier molecular flexibility index (Phi) is 6.78. The van der Waals surface area contributed by atoms with E-state index in [-0.39, 0.29) is 42.2 Å². The molecule has 1 rings (SSSR count). The van der Waals surface area contributed by atoms with E-state index in [0.717, 1.165) is 0 Å². The zero-order valence-corrected chi connectivity index (χ0v) is 13.0. The van der Waals surface area contributed by atoms with E-state index in [1.807, 2.05) is 0 Å². The average molecular weight is 327 g/mol. The van der Waals surface area contributed by atoms with Gasteiger partial charge in [0.2, 0.25) is 0 Å². The topological polar surface area (TPSA) is 114 Å². The number of esters is 2. The van der Waals surface area contributed by atoms with E-state index in [0.29, 0.717) is 0 Å². The van der Waals surface area contributed by atoms with Gasteiger partial charge in [0.15, 0.2) is 11.5 Å². The summed E-state index contributed by atoms with van der Waals surface area (Å²) in [5.74, 6) is -0.739. The van der Waals surface area contributed by atoms with Crippen molar-refractivity contribution in [1.82, 2.24) is 0 Å². The highest BCUT2D eigenvalue weighted by Crippen LogP contribution is 2.34.